The van der Waals surface area contributed by atoms with Gasteiger partial charge in [-0.25, -0.2) is 0 Å². The molecule has 0 aliphatic carbocycles. The minimum Gasteiger partial charge on any atom is -0.394 e. The summed E-state index contributed by atoms with van der Waals surface area (Å²) in [5.74, 6) is 0.714. The highest BCUT2D eigenvalue weighted by atomic mass is 16.5. The third-order valence-corrected chi connectivity index (χ3v) is 4.75. The van der Waals surface area contributed by atoms with Crippen LogP contribution in [0.15, 0.2) is 42.6 Å². The third-order valence-electron chi connectivity index (χ3n) is 4.75. The van der Waals surface area contributed by atoms with Crippen LogP contribution >= 0.6 is 0 Å². The van der Waals surface area contributed by atoms with Gasteiger partial charge >= 0.3 is 0 Å². The molecule has 6 nitrogen and oxygen atoms in total. The van der Waals surface area contributed by atoms with Gasteiger partial charge in [0.15, 0.2) is 0 Å². The minimum atomic E-state index is -0.501. The lowest BCUT2D eigenvalue weighted by atomic mass is 9.94. The zero-order chi connectivity index (χ0) is 17.7. The third kappa shape index (κ3) is 4.15. The average molecular weight is 342 g/mol. The average Bonchev–Trinajstić information content (AvgIpc) is 2.63. The molecule has 0 bridgehead atoms. The molecule has 1 saturated heterocycles. The Morgan fingerprint density at radius 2 is 2.16 bits per heavy atom. The van der Waals surface area contributed by atoms with Crippen molar-refractivity contribution in [3.8, 4) is 0 Å². The van der Waals surface area contributed by atoms with Gasteiger partial charge < -0.3 is 15.2 Å². The van der Waals surface area contributed by atoms with E-state index in [4.69, 9.17) is 4.74 Å². The fourth-order valence-electron chi connectivity index (χ4n) is 3.31. The fourth-order valence-corrected chi connectivity index (χ4v) is 3.31. The Labute approximate surface area is 148 Å². The van der Waals surface area contributed by atoms with Crippen LogP contribution in [0.25, 0.3) is 0 Å². The van der Waals surface area contributed by atoms with Crippen LogP contribution in [0.1, 0.15) is 18.1 Å². The Hall–Kier alpha value is -2.02. The van der Waals surface area contributed by atoms with Crippen molar-refractivity contribution in [3.05, 3.63) is 53.7 Å². The number of hydrogen-bond donors (Lipinski definition) is 2. The summed E-state index contributed by atoms with van der Waals surface area (Å²) >= 11 is 0. The number of ether oxygens (including phenoxy) is 1. The van der Waals surface area contributed by atoms with Crippen molar-refractivity contribution in [3.63, 3.8) is 0 Å². The lowest BCUT2D eigenvalue weighted by Gasteiger charge is -2.49. The minimum absolute atomic E-state index is 0.0103. The largest absolute Gasteiger partial charge is 0.394 e. The molecule has 1 aliphatic rings. The van der Waals surface area contributed by atoms with Gasteiger partial charge in [0.1, 0.15) is 5.82 Å². The van der Waals surface area contributed by atoms with Gasteiger partial charge in [-0.2, -0.15) is 5.10 Å². The first-order chi connectivity index (χ1) is 12.1. The highest BCUT2D eigenvalue weighted by Crippen LogP contribution is 2.27. The van der Waals surface area contributed by atoms with Crippen molar-refractivity contribution in [2.24, 2.45) is 0 Å². The van der Waals surface area contributed by atoms with Crippen molar-refractivity contribution < 1.29 is 9.84 Å². The summed E-state index contributed by atoms with van der Waals surface area (Å²) in [5, 5.41) is 21.7. The fraction of sp³-hybridized carbons (Fsp3) is 0.474. The molecule has 1 aromatic heterocycles. The first-order valence-electron chi connectivity index (χ1n) is 8.65. The molecule has 0 spiro atoms. The van der Waals surface area contributed by atoms with Crippen LogP contribution < -0.4 is 5.32 Å². The lowest BCUT2D eigenvalue weighted by Crippen LogP contribution is -2.65. The van der Waals surface area contributed by atoms with E-state index in [2.05, 4.69) is 39.5 Å². The second-order valence-electron chi connectivity index (χ2n) is 6.83. The molecule has 1 aliphatic heterocycles. The van der Waals surface area contributed by atoms with Gasteiger partial charge in [0.2, 0.25) is 0 Å². The van der Waals surface area contributed by atoms with Gasteiger partial charge in [0.25, 0.3) is 0 Å². The normalized spacial score (nSPS) is 24.2. The van der Waals surface area contributed by atoms with E-state index >= 15 is 0 Å². The molecule has 1 aromatic carbocycles. The van der Waals surface area contributed by atoms with Crippen molar-refractivity contribution in [2.75, 3.05) is 31.7 Å². The molecule has 0 unspecified atom stereocenters. The maximum atomic E-state index is 10.2. The molecule has 1 fully saturated rings. The molecule has 2 heterocycles. The Bertz CT molecular complexity index is 682. The van der Waals surface area contributed by atoms with Crippen LogP contribution in [0.2, 0.25) is 0 Å². The number of nitrogens with zero attached hydrogens (tertiary/aromatic N) is 3. The van der Waals surface area contributed by atoms with Crippen LogP contribution in [-0.4, -0.2) is 58.1 Å². The Kier molecular flexibility index (Phi) is 5.63. The first-order valence-corrected chi connectivity index (χ1v) is 8.65. The second-order valence-corrected chi connectivity index (χ2v) is 6.83. The number of aliphatic hydroxyl groups excluding tert-OH is 1. The van der Waals surface area contributed by atoms with E-state index in [1.165, 1.54) is 5.56 Å². The monoisotopic (exact) mass is 342 g/mol. The van der Waals surface area contributed by atoms with Gasteiger partial charge in [-0.3, -0.25) is 4.90 Å². The summed E-state index contributed by atoms with van der Waals surface area (Å²) in [7, 11) is 0. The maximum Gasteiger partial charge on any atom is 0.148 e. The Morgan fingerprint density at radius 1 is 1.36 bits per heavy atom. The SMILES string of the molecule is Cc1cnnc(NC[C@]2(CO)COC[C@@H](C)N2Cc2ccccc2)c1. The summed E-state index contributed by atoms with van der Waals surface area (Å²) < 4.78 is 5.79. The van der Waals surface area contributed by atoms with E-state index in [9.17, 15) is 5.11 Å². The summed E-state index contributed by atoms with van der Waals surface area (Å²) in [6.07, 6.45) is 1.72. The van der Waals surface area contributed by atoms with Gasteiger partial charge in [-0.1, -0.05) is 30.3 Å². The highest BCUT2D eigenvalue weighted by Gasteiger charge is 2.42. The van der Waals surface area contributed by atoms with Crippen LogP contribution in [-0.2, 0) is 11.3 Å². The van der Waals surface area contributed by atoms with Crippen LogP contribution in [0.3, 0.4) is 0 Å². The number of morpholine rings is 1. The van der Waals surface area contributed by atoms with E-state index in [0.29, 0.717) is 25.6 Å². The number of rotatable bonds is 6. The molecule has 25 heavy (non-hydrogen) atoms. The van der Waals surface area contributed by atoms with Gasteiger partial charge in [-0.05, 0) is 31.0 Å². The topological polar surface area (TPSA) is 70.5 Å². The number of aromatic nitrogens is 2. The lowest BCUT2D eigenvalue weighted by molar-refractivity contribution is -0.117. The van der Waals surface area contributed by atoms with Gasteiger partial charge in [0.05, 0.1) is 31.6 Å². The van der Waals surface area contributed by atoms with Gasteiger partial charge in [0, 0.05) is 19.1 Å². The molecule has 2 N–H and O–H groups in total. The van der Waals surface area contributed by atoms with Crippen molar-refractivity contribution >= 4 is 5.82 Å². The van der Waals surface area contributed by atoms with E-state index in [-0.39, 0.29) is 12.6 Å². The zero-order valence-electron chi connectivity index (χ0n) is 14.9. The number of anilines is 1. The van der Waals surface area contributed by atoms with Crippen molar-refractivity contribution in [2.45, 2.75) is 32.0 Å². The number of hydrogen-bond acceptors (Lipinski definition) is 6. The van der Waals surface area contributed by atoms with Crippen molar-refractivity contribution in [1.29, 1.82) is 0 Å². The molecule has 2 atom stereocenters. The summed E-state index contributed by atoms with van der Waals surface area (Å²) in [6.45, 7) is 6.59. The molecule has 6 heteroatoms. The van der Waals surface area contributed by atoms with Crippen LogP contribution in [0, 0.1) is 6.92 Å². The van der Waals surface area contributed by atoms with E-state index in [1.54, 1.807) is 6.20 Å². The van der Waals surface area contributed by atoms with E-state index in [1.807, 2.05) is 31.2 Å². The molecule has 0 saturated carbocycles. The van der Waals surface area contributed by atoms with E-state index < -0.39 is 5.54 Å². The molecule has 134 valence electrons. The smallest absolute Gasteiger partial charge is 0.148 e. The summed E-state index contributed by atoms with van der Waals surface area (Å²) in [5.41, 5.74) is 1.77. The number of benzene rings is 1. The highest BCUT2D eigenvalue weighted by molar-refractivity contribution is 5.36. The number of nitrogens with one attached hydrogen (secondary N) is 1. The molecule has 0 radical (unpaired) electrons. The quantitative estimate of drug-likeness (QED) is 0.835. The summed E-state index contributed by atoms with van der Waals surface area (Å²) in [4.78, 5) is 2.34. The molecular formula is C19H26N4O2. The molecular weight excluding hydrogens is 316 g/mol. The number of aliphatic hydroxyl groups is 1. The Balaban J connectivity index is 1.79. The molecule has 2 aromatic rings. The predicted octanol–water partition coefficient (Wildman–Crippen LogP) is 1.85. The van der Waals surface area contributed by atoms with Crippen molar-refractivity contribution in [1.82, 2.24) is 15.1 Å². The van der Waals surface area contributed by atoms with Crippen LogP contribution in [0.5, 0.6) is 0 Å². The zero-order valence-corrected chi connectivity index (χ0v) is 14.9. The van der Waals surface area contributed by atoms with E-state index in [0.717, 1.165) is 12.1 Å². The standard InChI is InChI=1S/C19H26N4O2/c1-15-8-18(22-21-9-15)20-12-19(13-24)14-25-11-16(2)23(19)10-17-6-4-3-5-7-17/h3-9,16,24H,10-14H2,1-2H3,(H,20,22)/t16-,19+/m1/s1. The number of aryl methyl sites for hydroxylation is 1. The Morgan fingerprint density at radius 3 is 2.88 bits per heavy atom. The predicted molar refractivity (Wildman–Crippen MR) is 97.3 cm³/mol. The first kappa shape index (κ1) is 17.8. The molecule has 0 amide bonds. The second kappa shape index (κ2) is 7.91. The van der Waals surface area contributed by atoms with Crippen LogP contribution in [0.4, 0.5) is 5.82 Å². The van der Waals surface area contributed by atoms with Gasteiger partial charge in [-0.15, -0.1) is 5.10 Å². The summed E-state index contributed by atoms with van der Waals surface area (Å²) in [6, 6.07) is 12.5. The molecule has 3 rings (SSSR count). The maximum absolute atomic E-state index is 10.2.